The monoisotopic (exact) mass is 512 g/mol. The van der Waals surface area contributed by atoms with Gasteiger partial charge < -0.3 is 15.4 Å². The van der Waals surface area contributed by atoms with Crippen molar-refractivity contribution in [3.8, 4) is 5.75 Å². The van der Waals surface area contributed by atoms with Crippen molar-refractivity contribution in [2.24, 2.45) is 4.99 Å². The summed E-state index contributed by atoms with van der Waals surface area (Å²) >= 11 is 1.90. The van der Waals surface area contributed by atoms with E-state index in [9.17, 15) is 0 Å². The van der Waals surface area contributed by atoms with E-state index in [4.69, 9.17) is 4.74 Å². The van der Waals surface area contributed by atoms with Gasteiger partial charge in [-0.25, -0.2) is 0 Å². The Labute approximate surface area is 188 Å². The van der Waals surface area contributed by atoms with E-state index in [2.05, 4.69) is 50.2 Å². The summed E-state index contributed by atoms with van der Waals surface area (Å²) in [6.07, 6.45) is 3.20. The lowest BCUT2D eigenvalue weighted by Gasteiger charge is -2.27. The highest BCUT2D eigenvalue weighted by atomic mass is 127. The third-order valence-corrected chi connectivity index (χ3v) is 6.31. The molecule has 5 nitrogen and oxygen atoms in total. The van der Waals surface area contributed by atoms with Crippen LogP contribution in [0, 0.1) is 0 Å². The Kier molecular flexibility index (Phi) is 7.99. The van der Waals surface area contributed by atoms with Gasteiger partial charge in [0.15, 0.2) is 5.96 Å². The van der Waals surface area contributed by atoms with Crippen LogP contribution in [0.4, 0.5) is 0 Å². The molecule has 0 radical (unpaired) electrons. The molecule has 0 unspecified atom stereocenters. The summed E-state index contributed by atoms with van der Waals surface area (Å²) in [7, 11) is 1.83. The minimum absolute atomic E-state index is 0. The molecule has 0 atom stereocenters. The Bertz CT molecular complexity index is 807. The number of halogens is 1. The molecule has 0 fully saturated rings. The average molecular weight is 512 g/mol. The lowest BCUT2D eigenvalue weighted by atomic mass is 10.1. The Morgan fingerprint density at radius 2 is 2.07 bits per heavy atom. The Hall–Kier alpha value is -1.32. The number of nitrogens with zero attached hydrogens (tertiary/aromatic N) is 2. The molecular formula is C21H29IN4OS. The molecular weight excluding hydrogens is 483 g/mol. The highest BCUT2D eigenvalue weighted by molar-refractivity contribution is 14.0. The first-order chi connectivity index (χ1) is 13.3. The van der Waals surface area contributed by atoms with Crippen LogP contribution in [0.3, 0.4) is 0 Å². The van der Waals surface area contributed by atoms with Gasteiger partial charge in [-0.1, -0.05) is 12.1 Å². The van der Waals surface area contributed by atoms with E-state index in [1.54, 1.807) is 4.88 Å². The first kappa shape index (κ1) is 21.4. The molecule has 0 saturated heterocycles. The zero-order valence-corrected chi connectivity index (χ0v) is 19.5. The van der Waals surface area contributed by atoms with Crippen LogP contribution in [0.5, 0.6) is 5.75 Å². The van der Waals surface area contributed by atoms with Gasteiger partial charge in [-0.2, -0.15) is 0 Å². The van der Waals surface area contributed by atoms with E-state index in [-0.39, 0.29) is 24.0 Å². The zero-order valence-electron chi connectivity index (χ0n) is 16.4. The van der Waals surface area contributed by atoms with Crippen molar-refractivity contribution >= 4 is 41.3 Å². The predicted octanol–water partition coefficient (Wildman–Crippen LogP) is 3.07. The molecule has 2 N–H and O–H groups in total. The fraction of sp³-hybridized carbons (Fsp3) is 0.476. The third-order valence-electron chi connectivity index (χ3n) is 5.29. The van der Waals surface area contributed by atoms with Crippen LogP contribution < -0.4 is 15.4 Å². The Balaban J connectivity index is 0.00000225. The van der Waals surface area contributed by atoms with Crippen LogP contribution in [-0.4, -0.2) is 50.7 Å². The molecule has 152 valence electrons. The quantitative estimate of drug-likeness (QED) is 0.355. The number of hydrogen-bond donors (Lipinski definition) is 2. The van der Waals surface area contributed by atoms with E-state index in [1.807, 2.05) is 18.4 Å². The maximum atomic E-state index is 5.57. The first-order valence-corrected chi connectivity index (χ1v) is 10.7. The average Bonchev–Trinajstić information content (AvgIpc) is 3.35. The van der Waals surface area contributed by atoms with Gasteiger partial charge in [0.05, 0.1) is 6.61 Å². The smallest absolute Gasteiger partial charge is 0.191 e. The summed E-state index contributed by atoms with van der Waals surface area (Å²) in [5.41, 5.74) is 4.20. The molecule has 0 bridgehead atoms. The summed E-state index contributed by atoms with van der Waals surface area (Å²) in [6.45, 7) is 5.88. The number of nitrogens with one attached hydrogen (secondary N) is 2. The summed E-state index contributed by atoms with van der Waals surface area (Å²) in [5.74, 6) is 1.93. The van der Waals surface area contributed by atoms with E-state index >= 15 is 0 Å². The molecule has 0 amide bonds. The van der Waals surface area contributed by atoms with Crippen LogP contribution in [0.1, 0.15) is 21.6 Å². The van der Waals surface area contributed by atoms with E-state index in [1.165, 1.54) is 23.1 Å². The largest absolute Gasteiger partial charge is 0.493 e. The van der Waals surface area contributed by atoms with Crippen LogP contribution in [0.25, 0.3) is 0 Å². The minimum atomic E-state index is 0. The molecule has 7 heteroatoms. The number of guanidine groups is 1. The predicted molar refractivity (Wildman–Crippen MR) is 127 cm³/mol. The van der Waals surface area contributed by atoms with Crippen LogP contribution >= 0.6 is 35.3 Å². The van der Waals surface area contributed by atoms with Gasteiger partial charge in [0.25, 0.3) is 0 Å². The highest BCUT2D eigenvalue weighted by Gasteiger charge is 2.16. The molecule has 0 spiro atoms. The van der Waals surface area contributed by atoms with E-state index in [0.29, 0.717) is 0 Å². The van der Waals surface area contributed by atoms with E-state index < -0.39 is 0 Å². The van der Waals surface area contributed by atoms with Gasteiger partial charge in [-0.15, -0.1) is 35.3 Å². The number of rotatable bonds is 6. The molecule has 3 heterocycles. The highest BCUT2D eigenvalue weighted by Crippen LogP contribution is 2.26. The molecule has 2 aliphatic heterocycles. The van der Waals surface area contributed by atoms with Gasteiger partial charge >= 0.3 is 0 Å². The molecule has 1 aromatic heterocycles. The van der Waals surface area contributed by atoms with Gasteiger partial charge in [0.2, 0.25) is 0 Å². The van der Waals surface area contributed by atoms with Crippen molar-refractivity contribution in [3.05, 3.63) is 51.2 Å². The minimum Gasteiger partial charge on any atom is -0.493 e. The van der Waals surface area contributed by atoms with Gasteiger partial charge in [-0.3, -0.25) is 9.89 Å². The summed E-state index contributed by atoms with van der Waals surface area (Å²) in [5, 5.41) is 9.08. The van der Waals surface area contributed by atoms with Crippen molar-refractivity contribution in [1.29, 1.82) is 0 Å². The van der Waals surface area contributed by atoms with Crippen LogP contribution in [0.15, 0.2) is 34.6 Å². The standard InChI is InChI=1S/C21H28N4OS.HI/c1-22-21(23-8-4-16-2-3-19-17(14-16)6-12-26-19)24-9-11-25-10-5-20-18(15-25)7-13-27-20;/h2-3,7,13-14H,4-6,8-12,15H2,1H3,(H2,22,23,24);1H. The van der Waals surface area contributed by atoms with Crippen molar-refractivity contribution < 1.29 is 4.74 Å². The molecule has 0 aliphatic carbocycles. The topological polar surface area (TPSA) is 48.9 Å². The number of ether oxygens (including phenoxy) is 1. The third kappa shape index (κ3) is 5.39. The molecule has 1 aromatic carbocycles. The Morgan fingerprint density at radius 3 is 2.96 bits per heavy atom. The van der Waals surface area contributed by atoms with Crippen LogP contribution in [0.2, 0.25) is 0 Å². The van der Waals surface area contributed by atoms with Gasteiger partial charge in [0, 0.05) is 51.1 Å². The summed E-state index contributed by atoms with van der Waals surface area (Å²) in [4.78, 5) is 8.43. The Morgan fingerprint density at radius 1 is 1.18 bits per heavy atom. The SMILES string of the molecule is CN=C(NCCc1ccc2c(c1)CCO2)NCCN1CCc2sccc2C1.I. The molecule has 4 rings (SSSR count). The lowest BCUT2D eigenvalue weighted by Crippen LogP contribution is -2.43. The number of hydrogen-bond acceptors (Lipinski definition) is 4. The second-order valence-electron chi connectivity index (χ2n) is 7.11. The van der Waals surface area contributed by atoms with Gasteiger partial charge in [0.1, 0.15) is 5.75 Å². The van der Waals surface area contributed by atoms with Crippen molar-refractivity contribution in [2.45, 2.75) is 25.8 Å². The maximum Gasteiger partial charge on any atom is 0.191 e. The second kappa shape index (κ2) is 10.5. The normalized spacial score (nSPS) is 16.0. The molecule has 2 aliphatic rings. The van der Waals surface area contributed by atoms with E-state index in [0.717, 1.165) is 63.9 Å². The number of thiophene rings is 1. The van der Waals surface area contributed by atoms with Crippen molar-refractivity contribution in [1.82, 2.24) is 15.5 Å². The summed E-state index contributed by atoms with van der Waals surface area (Å²) < 4.78 is 5.57. The molecule has 2 aromatic rings. The lowest BCUT2D eigenvalue weighted by molar-refractivity contribution is 0.260. The second-order valence-corrected chi connectivity index (χ2v) is 8.11. The van der Waals surface area contributed by atoms with Crippen molar-refractivity contribution in [2.75, 3.05) is 39.8 Å². The van der Waals surface area contributed by atoms with Crippen molar-refractivity contribution in [3.63, 3.8) is 0 Å². The number of aliphatic imine (C=N–C) groups is 1. The fourth-order valence-electron chi connectivity index (χ4n) is 3.77. The summed E-state index contributed by atoms with van der Waals surface area (Å²) in [6, 6.07) is 8.81. The number of benzene rings is 1. The fourth-order valence-corrected chi connectivity index (χ4v) is 4.66. The first-order valence-electron chi connectivity index (χ1n) is 9.78. The molecule has 0 saturated carbocycles. The number of fused-ring (bicyclic) bond motifs is 2. The van der Waals surface area contributed by atoms with Gasteiger partial charge in [-0.05, 0) is 47.0 Å². The zero-order chi connectivity index (χ0) is 18.5. The van der Waals surface area contributed by atoms with Crippen LogP contribution in [-0.2, 0) is 25.8 Å². The molecule has 28 heavy (non-hydrogen) atoms. The maximum absolute atomic E-state index is 5.57.